The van der Waals surface area contributed by atoms with E-state index >= 15 is 0 Å². The summed E-state index contributed by atoms with van der Waals surface area (Å²) in [6.45, 7) is 5.43. The summed E-state index contributed by atoms with van der Waals surface area (Å²) in [5.74, 6) is 0.792. The second kappa shape index (κ2) is 6.02. The van der Waals surface area contributed by atoms with Crippen LogP contribution < -0.4 is 10.2 Å². The molecule has 102 valence electrons. The first-order chi connectivity index (χ1) is 8.63. The predicted octanol–water partition coefficient (Wildman–Crippen LogP) is 3.19. The number of nitrogens with zero attached hydrogens (tertiary/aromatic N) is 2. The van der Waals surface area contributed by atoms with Crippen molar-refractivity contribution >= 4 is 16.5 Å². The Hall–Kier alpha value is -0.610. The first kappa shape index (κ1) is 13.8. The number of anilines is 1. The van der Waals surface area contributed by atoms with Gasteiger partial charge in [0.15, 0.2) is 5.13 Å². The van der Waals surface area contributed by atoms with Crippen molar-refractivity contribution in [3.05, 3.63) is 10.6 Å². The second-order valence-electron chi connectivity index (χ2n) is 5.48. The number of thiazole rings is 1. The Bertz CT molecular complexity index is 388. The fourth-order valence-corrected chi connectivity index (χ4v) is 3.99. The molecule has 2 unspecified atom stereocenters. The van der Waals surface area contributed by atoms with Crippen LogP contribution in [0.4, 0.5) is 5.13 Å². The molecular weight excluding hydrogens is 242 g/mol. The van der Waals surface area contributed by atoms with Crippen LogP contribution in [0.5, 0.6) is 0 Å². The molecule has 1 heterocycles. The zero-order valence-electron chi connectivity index (χ0n) is 12.0. The first-order valence-electron chi connectivity index (χ1n) is 6.97. The Labute approximate surface area is 115 Å². The van der Waals surface area contributed by atoms with Gasteiger partial charge in [-0.3, -0.25) is 0 Å². The topological polar surface area (TPSA) is 28.2 Å². The number of rotatable bonds is 4. The van der Waals surface area contributed by atoms with Crippen LogP contribution in [0.3, 0.4) is 0 Å². The Morgan fingerprint density at radius 2 is 2.11 bits per heavy atom. The molecule has 0 amide bonds. The summed E-state index contributed by atoms with van der Waals surface area (Å²) in [7, 11) is 4.21. The van der Waals surface area contributed by atoms with Crippen molar-refractivity contribution in [1.29, 1.82) is 0 Å². The van der Waals surface area contributed by atoms with Crippen LogP contribution in [0.25, 0.3) is 0 Å². The number of hydrogen-bond donors (Lipinski definition) is 1. The summed E-state index contributed by atoms with van der Waals surface area (Å²) in [5, 5.41) is 4.41. The van der Waals surface area contributed by atoms with Gasteiger partial charge in [0.1, 0.15) is 0 Å². The third-order valence-corrected chi connectivity index (χ3v) is 5.33. The Balaban J connectivity index is 2.12. The smallest absolute Gasteiger partial charge is 0.185 e. The summed E-state index contributed by atoms with van der Waals surface area (Å²) in [4.78, 5) is 8.52. The quantitative estimate of drug-likeness (QED) is 0.908. The lowest BCUT2D eigenvalue weighted by atomic mass is 9.85. The molecule has 3 nitrogen and oxygen atoms in total. The van der Waals surface area contributed by atoms with Gasteiger partial charge in [0.05, 0.1) is 5.69 Å². The minimum atomic E-state index is 0.673. The van der Waals surface area contributed by atoms with E-state index in [0.29, 0.717) is 6.04 Å². The van der Waals surface area contributed by atoms with Crippen LogP contribution in [-0.2, 0) is 6.54 Å². The van der Waals surface area contributed by atoms with E-state index in [2.05, 4.69) is 31.1 Å². The maximum Gasteiger partial charge on any atom is 0.185 e. The molecule has 1 N–H and O–H groups in total. The van der Waals surface area contributed by atoms with Crippen molar-refractivity contribution in [2.75, 3.05) is 19.0 Å². The Kier molecular flexibility index (Phi) is 4.62. The molecular formula is C14H25N3S. The molecule has 1 fully saturated rings. The van der Waals surface area contributed by atoms with Gasteiger partial charge >= 0.3 is 0 Å². The lowest BCUT2D eigenvalue weighted by molar-refractivity contribution is 0.321. The molecule has 0 aromatic carbocycles. The summed E-state index contributed by atoms with van der Waals surface area (Å²) < 4.78 is 0. The fourth-order valence-electron chi connectivity index (χ4n) is 2.90. The van der Waals surface area contributed by atoms with Gasteiger partial charge in [0, 0.05) is 24.5 Å². The van der Waals surface area contributed by atoms with Crippen molar-refractivity contribution in [2.24, 2.45) is 5.92 Å². The maximum atomic E-state index is 4.74. The third-order valence-electron chi connectivity index (χ3n) is 4.08. The first-order valence-corrected chi connectivity index (χ1v) is 7.79. The average molecular weight is 267 g/mol. The van der Waals surface area contributed by atoms with Crippen molar-refractivity contribution in [1.82, 2.24) is 10.3 Å². The molecule has 2 rings (SSSR count). The van der Waals surface area contributed by atoms with Gasteiger partial charge < -0.3 is 10.2 Å². The molecule has 0 aliphatic heterocycles. The maximum absolute atomic E-state index is 4.74. The highest BCUT2D eigenvalue weighted by molar-refractivity contribution is 7.15. The van der Waals surface area contributed by atoms with Gasteiger partial charge in [-0.2, -0.15) is 0 Å². The molecule has 0 saturated heterocycles. The van der Waals surface area contributed by atoms with E-state index in [1.807, 2.05) is 18.4 Å². The highest BCUT2D eigenvalue weighted by Crippen LogP contribution is 2.33. The standard InChI is InChI=1S/C14H25N3S/c1-10-7-5-6-8-12(10)17(4)14-16-11(2)13(18-14)9-15-3/h10,12,15H,5-9H2,1-4H3. The van der Waals surface area contributed by atoms with Gasteiger partial charge in [-0.05, 0) is 32.7 Å². The van der Waals surface area contributed by atoms with Crippen LogP contribution in [0.1, 0.15) is 43.2 Å². The predicted molar refractivity (Wildman–Crippen MR) is 79.4 cm³/mol. The largest absolute Gasteiger partial charge is 0.348 e. The number of aromatic nitrogens is 1. The van der Waals surface area contributed by atoms with Gasteiger partial charge in [0.25, 0.3) is 0 Å². The number of nitrogens with one attached hydrogen (secondary N) is 1. The molecule has 4 heteroatoms. The van der Waals surface area contributed by atoms with Crippen LogP contribution in [0.2, 0.25) is 0 Å². The van der Waals surface area contributed by atoms with Gasteiger partial charge in [-0.1, -0.05) is 19.8 Å². The lowest BCUT2D eigenvalue weighted by Gasteiger charge is -2.36. The van der Waals surface area contributed by atoms with E-state index in [1.165, 1.54) is 41.4 Å². The highest BCUT2D eigenvalue weighted by Gasteiger charge is 2.26. The van der Waals surface area contributed by atoms with Gasteiger partial charge in [0.2, 0.25) is 0 Å². The van der Waals surface area contributed by atoms with E-state index in [0.717, 1.165) is 12.5 Å². The monoisotopic (exact) mass is 267 g/mol. The van der Waals surface area contributed by atoms with E-state index < -0.39 is 0 Å². The van der Waals surface area contributed by atoms with Crippen molar-refractivity contribution in [2.45, 2.75) is 52.1 Å². The van der Waals surface area contributed by atoms with Gasteiger partial charge in [-0.25, -0.2) is 4.98 Å². The molecule has 1 aliphatic carbocycles. The number of hydrogen-bond acceptors (Lipinski definition) is 4. The Morgan fingerprint density at radius 1 is 1.39 bits per heavy atom. The summed E-state index contributed by atoms with van der Waals surface area (Å²) in [6.07, 6.45) is 5.45. The Morgan fingerprint density at radius 3 is 2.78 bits per heavy atom. The van der Waals surface area contributed by atoms with E-state index in [9.17, 15) is 0 Å². The summed E-state index contributed by atoms with van der Waals surface area (Å²) in [6, 6.07) is 0.673. The van der Waals surface area contributed by atoms with E-state index in [-0.39, 0.29) is 0 Å². The summed E-state index contributed by atoms with van der Waals surface area (Å²) in [5.41, 5.74) is 1.18. The fraction of sp³-hybridized carbons (Fsp3) is 0.786. The number of aryl methyl sites for hydroxylation is 1. The van der Waals surface area contributed by atoms with Crippen LogP contribution in [0.15, 0.2) is 0 Å². The normalized spacial score (nSPS) is 24.2. The average Bonchev–Trinajstić information content (AvgIpc) is 2.71. The van der Waals surface area contributed by atoms with E-state index in [1.54, 1.807) is 0 Å². The zero-order chi connectivity index (χ0) is 13.1. The molecule has 1 aromatic rings. The second-order valence-corrected chi connectivity index (χ2v) is 6.54. The molecule has 1 aromatic heterocycles. The molecule has 1 saturated carbocycles. The lowest BCUT2D eigenvalue weighted by Crippen LogP contribution is -2.38. The molecule has 2 atom stereocenters. The highest BCUT2D eigenvalue weighted by atomic mass is 32.1. The van der Waals surface area contributed by atoms with Crippen LogP contribution in [-0.4, -0.2) is 25.1 Å². The van der Waals surface area contributed by atoms with Crippen molar-refractivity contribution in [3.8, 4) is 0 Å². The van der Waals surface area contributed by atoms with E-state index in [4.69, 9.17) is 4.98 Å². The SMILES string of the molecule is CNCc1sc(N(C)C2CCCCC2C)nc1C. The zero-order valence-corrected chi connectivity index (χ0v) is 12.8. The van der Waals surface area contributed by atoms with Gasteiger partial charge in [-0.15, -0.1) is 11.3 Å². The third kappa shape index (κ3) is 2.86. The van der Waals surface area contributed by atoms with Crippen LogP contribution >= 0.6 is 11.3 Å². The minimum absolute atomic E-state index is 0.673. The van der Waals surface area contributed by atoms with Crippen molar-refractivity contribution in [3.63, 3.8) is 0 Å². The molecule has 18 heavy (non-hydrogen) atoms. The summed E-state index contributed by atoms with van der Waals surface area (Å²) >= 11 is 1.84. The van der Waals surface area contributed by atoms with Crippen LogP contribution in [0, 0.1) is 12.8 Å². The molecule has 1 aliphatic rings. The molecule has 0 spiro atoms. The molecule has 0 bridgehead atoms. The van der Waals surface area contributed by atoms with Crippen molar-refractivity contribution < 1.29 is 0 Å². The minimum Gasteiger partial charge on any atom is -0.348 e. The molecule has 0 radical (unpaired) electrons.